The number of aliphatic imine (C=N–C) groups is 1. The van der Waals surface area contributed by atoms with E-state index in [1.54, 1.807) is 0 Å². The summed E-state index contributed by atoms with van der Waals surface area (Å²) in [6.45, 7) is 12.1. The van der Waals surface area contributed by atoms with Gasteiger partial charge < -0.3 is 15.5 Å². The van der Waals surface area contributed by atoms with Crippen LogP contribution >= 0.6 is 24.0 Å². The fourth-order valence-corrected chi connectivity index (χ4v) is 3.53. The van der Waals surface area contributed by atoms with Gasteiger partial charge in [0.25, 0.3) is 0 Å². The standard InChI is InChI=1S/C21H35N5.HI/c1-3-22-21(24-20-17-18(20)2)23-11-7-8-12-25-13-15-26(16-14-25)19-9-5-4-6-10-19;/h4-6,9-10,18,20H,3,7-8,11-17H2,1-2H3,(H2,22,23,24);1H. The Morgan fingerprint density at radius 3 is 2.44 bits per heavy atom. The van der Waals surface area contributed by atoms with Gasteiger partial charge in [0, 0.05) is 51.0 Å². The van der Waals surface area contributed by atoms with Crippen LogP contribution in [0, 0.1) is 5.92 Å². The number of nitrogens with zero attached hydrogens (tertiary/aromatic N) is 3. The van der Waals surface area contributed by atoms with E-state index in [-0.39, 0.29) is 24.0 Å². The molecule has 0 bridgehead atoms. The number of guanidine groups is 1. The summed E-state index contributed by atoms with van der Waals surface area (Å²) in [4.78, 5) is 9.82. The van der Waals surface area contributed by atoms with Crippen LogP contribution in [-0.4, -0.2) is 62.7 Å². The third-order valence-electron chi connectivity index (χ3n) is 5.42. The summed E-state index contributed by atoms with van der Waals surface area (Å²) in [5.74, 6) is 1.80. The summed E-state index contributed by atoms with van der Waals surface area (Å²) in [5.41, 5.74) is 1.36. The van der Waals surface area contributed by atoms with Gasteiger partial charge in [-0.25, -0.2) is 0 Å². The van der Waals surface area contributed by atoms with Crippen LogP contribution in [0.3, 0.4) is 0 Å². The van der Waals surface area contributed by atoms with Gasteiger partial charge in [-0.05, 0) is 50.8 Å². The lowest BCUT2D eigenvalue weighted by Gasteiger charge is -2.36. The summed E-state index contributed by atoms with van der Waals surface area (Å²) in [7, 11) is 0. The molecule has 1 aromatic carbocycles. The largest absolute Gasteiger partial charge is 0.369 e. The molecule has 0 spiro atoms. The van der Waals surface area contributed by atoms with E-state index < -0.39 is 0 Å². The Labute approximate surface area is 182 Å². The van der Waals surface area contributed by atoms with Crippen LogP contribution in [0.2, 0.25) is 0 Å². The quantitative estimate of drug-likeness (QED) is 0.257. The van der Waals surface area contributed by atoms with Crippen molar-refractivity contribution in [2.24, 2.45) is 10.9 Å². The predicted molar refractivity (Wildman–Crippen MR) is 126 cm³/mol. The first-order chi connectivity index (χ1) is 12.8. The molecule has 2 unspecified atom stereocenters. The minimum Gasteiger partial charge on any atom is -0.369 e. The first-order valence-corrected chi connectivity index (χ1v) is 10.3. The zero-order valence-corrected chi connectivity index (χ0v) is 19.2. The molecule has 2 atom stereocenters. The number of para-hydroxylation sites is 1. The molecule has 1 aliphatic carbocycles. The third-order valence-corrected chi connectivity index (χ3v) is 5.42. The van der Waals surface area contributed by atoms with Crippen molar-refractivity contribution >= 4 is 35.6 Å². The molecular formula is C21H36IN5. The Balaban J connectivity index is 0.00000261. The van der Waals surface area contributed by atoms with Gasteiger partial charge in [-0.1, -0.05) is 25.1 Å². The molecule has 0 aromatic heterocycles. The highest BCUT2D eigenvalue weighted by molar-refractivity contribution is 14.0. The van der Waals surface area contributed by atoms with E-state index in [1.165, 1.54) is 38.2 Å². The highest BCUT2D eigenvalue weighted by Gasteiger charge is 2.33. The second-order valence-electron chi connectivity index (χ2n) is 7.60. The Morgan fingerprint density at radius 1 is 1.11 bits per heavy atom. The van der Waals surface area contributed by atoms with Crippen molar-refractivity contribution in [1.82, 2.24) is 15.5 Å². The van der Waals surface area contributed by atoms with Crippen LogP contribution in [-0.2, 0) is 0 Å². The van der Waals surface area contributed by atoms with E-state index >= 15 is 0 Å². The molecule has 1 heterocycles. The van der Waals surface area contributed by atoms with E-state index in [9.17, 15) is 0 Å². The fourth-order valence-electron chi connectivity index (χ4n) is 3.53. The van der Waals surface area contributed by atoms with Gasteiger partial charge in [-0.3, -0.25) is 9.89 Å². The summed E-state index contributed by atoms with van der Waals surface area (Å²) >= 11 is 0. The smallest absolute Gasteiger partial charge is 0.191 e. The summed E-state index contributed by atoms with van der Waals surface area (Å²) < 4.78 is 0. The number of rotatable bonds is 8. The maximum absolute atomic E-state index is 4.73. The molecule has 1 saturated heterocycles. The number of hydrogen-bond acceptors (Lipinski definition) is 3. The van der Waals surface area contributed by atoms with Crippen LogP contribution < -0.4 is 15.5 Å². The Kier molecular flexibility index (Phi) is 9.68. The second kappa shape index (κ2) is 11.7. The molecule has 27 heavy (non-hydrogen) atoms. The number of anilines is 1. The van der Waals surface area contributed by atoms with Gasteiger partial charge in [0.1, 0.15) is 0 Å². The van der Waals surface area contributed by atoms with Crippen molar-refractivity contribution in [2.75, 3.05) is 50.7 Å². The van der Waals surface area contributed by atoms with E-state index in [2.05, 4.69) is 64.6 Å². The predicted octanol–water partition coefficient (Wildman–Crippen LogP) is 3.17. The SMILES string of the molecule is CCNC(=NCCCCN1CCN(c2ccccc2)CC1)NC1CC1C.I. The van der Waals surface area contributed by atoms with E-state index in [0.29, 0.717) is 6.04 Å². The number of nitrogens with one attached hydrogen (secondary N) is 2. The van der Waals surface area contributed by atoms with Crippen LogP contribution in [0.5, 0.6) is 0 Å². The van der Waals surface area contributed by atoms with Crippen molar-refractivity contribution in [3.05, 3.63) is 30.3 Å². The Morgan fingerprint density at radius 2 is 1.81 bits per heavy atom. The minimum absolute atomic E-state index is 0. The fraction of sp³-hybridized carbons (Fsp3) is 0.667. The van der Waals surface area contributed by atoms with Crippen LogP contribution in [0.4, 0.5) is 5.69 Å². The molecule has 2 N–H and O–H groups in total. The molecule has 0 amide bonds. The lowest BCUT2D eigenvalue weighted by atomic mass is 10.2. The number of unbranched alkanes of at least 4 members (excludes halogenated alkanes) is 1. The van der Waals surface area contributed by atoms with Crippen LogP contribution in [0.1, 0.15) is 33.1 Å². The molecule has 1 saturated carbocycles. The van der Waals surface area contributed by atoms with Gasteiger partial charge >= 0.3 is 0 Å². The first-order valence-electron chi connectivity index (χ1n) is 10.3. The molecule has 152 valence electrons. The van der Waals surface area contributed by atoms with Gasteiger partial charge in [0.2, 0.25) is 0 Å². The maximum atomic E-state index is 4.73. The second-order valence-corrected chi connectivity index (χ2v) is 7.60. The number of hydrogen-bond donors (Lipinski definition) is 2. The molecule has 2 fully saturated rings. The van der Waals surface area contributed by atoms with Gasteiger partial charge in [-0.2, -0.15) is 0 Å². The number of benzene rings is 1. The van der Waals surface area contributed by atoms with Gasteiger partial charge in [0.15, 0.2) is 5.96 Å². The Bertz CT molecular complexity index is 557. The molecular weight excluding hydrogens is 449 g/mol. The first kappa shape index (κ1) is 22.3. The molecule has 5 nitrogen and oxygen atoms in total. The third kappa shape index (κ3) is 7.49. The zero-order chi connectivity index (χ0) is 18.2. The van der Waals surface area contributed by atoms with Crippen LogP contribution in [0.15, 0.2) is 35.3 Å². The average molecular weight is 485 g/mol. The minimum atomic E-state index is 0. The van der Waals surface area contributed by atoms with Crippen LogP contribution in [0.25, 0.3) is 0 Å². The monoisotopic (exact) mass is 485 g/mol. The number of halogens is 1. The summed E-state index contributed by atoms with van der Waals surface area (Å²) in [6.07, 6.45) is 3.67. The van der Waals surface area contributed by atoms with Gasteiger partial charge in [0.05, 0.1) is 0 Å². The summed E-state index contributed by atoms with van der Waals surface area (Å²) in [5, 5.41) is 6.88. The van der Waals surface area contributed by atoms with Gasteiger partial charge in [-0.15, -0.1) is 24.0 Å². The molecule has 1 aliphatic heterocycles. The lowest BCUT2D eigenvalue weighted by Crippen LogP contribution is -2.46. The topological polar surface area (TPSA) is 42.9 Å². The maximum Gasteiger partial charge on any atom is 0.191 e. The normalized spacial score (nSPS) is 22.9. The zero-order valence-electron chi connectivity index (χ0n) is 16.9. The van der Waals surface area contributed by atoms with E-state index in [0.717, 1.165) is 44.5 Å². The molecule has 6 heteroatoms. The lowest BCUT2D eigenvalue weighted by molar-refractivity contribution is 0.253. The van der Waals surface area contributed by atoms with E-state index in [1.807, 2.05) is 0 Å². The van der Waals surface area contributed by atoms with Crippen molar-refractivity contribution in [2.45, 2.75) is 39.2 Å². The highest BCUT2D eigenvalue weighted by Crippen LogP contribution is 2.28. The highest BCUT2D eigenvalue weighted by atomic mass is 127. The molecule has 0 radical (unpaired) electrons. The van der Waals surface area contributed by atoms with Crippen molar-refractivity contribution in [1.29, 1.82) is 0 Å². The van der Waals surface area contributed by atoms with E-state index in [4.69, 9.17) is 4.99 Å². The Hall–Kier alpha value is -1.02. The average Bonchev–Trinajstić information content (AvgIpc) is 3.37. The van der Waals surface area contributed by atoms with Crippen molar-refractivity contribution < 1.29 is 0 Å². The molecule has 3 rings (SSSR count). The molecule has 1 aromatic rings. The summed E-state index contributed by atoms with van der Waals surface area (Å²) in [6, 6.07) is 11.4. The number of piperazine rings is 1. The van der Waals surface area contributed by atoms with Crippen molar-refractivity contribution in [3.63, 3.8) is 0 Å². The molecule has 2 aliphatic rings. The van der Waals surface area contributed by atoms with Crippen molar-refractivity contribution in [3.8, 4) is 0 Å².